The number of ketones is 1. The Hall–Kier alpha value is -5.30. The van der Waals surface area contributed by atoms with Gasteiger partial charge in [-0.15, -0.1) is 0 Å². The number of imide groups is 1. The summed E-state index contributed by atoms with van der Waals surface area (Å²) in [6.45, 7) is 0. The van der Waals surface area contributed by atoms with Crippen LogP contribution in [0.1, 0.15) is 52.7 Å². The van der Waals surface area contributed by atoms with Crippen molar-refractivity contribution in [1.82, 2.24) is 4.98 Å². The first-order valence-electron chi connectivity index (χ1n) is 12.4. The van der Waals surface area contributed by atoms with Gasteiger partial charge in [-0.2, -0.15) is 0 Å². The molecule has 39 heavy (non-hydrogen) atoms. The quantitative estimate of drug-likeness (QED) is 0.194. The van der Waals surface area contributed by atoms with Gasteiger partial charge in [-0.1, -0.05) is 54.6 Å². The van der Waals surface area contributed by atoms with Crippen molar-refractivity contribution in [1.29, 1.82) is 0 Å². The maximum atomic E-state index is 13.8. The van der Waals surface area contributed by atoms with Gasteiger partial charge in [-0.25, -0.2) is 9.88 Å². The maximum absolute atomic E-state index is 13.8. The number of nitrogens with zero attached hydrogens (tertiary/aromatic N) is 2. The van der Waals surface area contributed by atoms with Crippen molar-refractivity contribution in [3.63, 3.8) is 0 Å². The molecule has 7 heteroatoms. The van der Waals surface area contributed by atoms with Crippen LogP contribution in [-0.4, -0.2) is 35.2 Å². The first-order valence-corrected chi connectivity index (χ1v) is 12.4. The minimum atomic E-state index is -1.53. The number of hydrogen-bond donors (Lipinski definition) is 0. The molecule has 186 valence electrons. The second-order valence-electron chi connectivity index (χ2n) is 9.87. The lowest BCUT2D eigenvalue weighted by molar-refractivity contribution is -0.111. The lowest BCUT2D eigenvalue weighted by Gasteiger charge is -2.22. The summed E-state index contributed by atoms with van der Waals surface area (Å²) < 4.78 is 0. The third kappa shape index (κ3) is 3.10. The molecule has 0 radical (unpaired) electrons. The van der Waals surface area contributed by atoms with Gasteiger partial charge in [0.25, 0.3) is 11.8 Å². The van der Waals surface area contributed by atoms with E-state index in [9.17, 15) is 24.0 Å². The highest BCUT2D eigenvalue weighted by Crippen LogP contribution is 2.41. The van der Waals surface area contributed by atoms with Gasteiger partial charge in [0.05, 0.1) is 28.0 Å². The summed E-state index contributed by atoms with van der Waals surface area (Å²) >= 11 is 0. The van der Waals surface area contributed by atoms with Gasteiger partial charge in [0.15, 0.2) is 5.78 Å². The van der Waals surface area contributed by atoms with Gasteiger partial charge in [0.1, 0.15) is 18.0 Å². The largest absolute Gasteiger partial charge is 0.302 e. The Kier molecular flexibility index (Phi) is 4.75. The van der Waals surface area contributed by atoms with E-state index in [0.29, 0.717) is 29.0 Å². The minimum absolute atomic E-state index is 0.135. The van der Waals surface area contributed by atoms with Gasteiger partial charge in [-0.3, -0.25) is 19.2 Å². The normalized spacial score (nSPS) is 18.1. The van der Waals surface area contributed by atoms with Crippen molar-refractivity contribution in [2.75, 3.05) is 4.90 Å². The number of carbonyl (C=O) groups is 5. The fourth-order valence-corrected chi connectivity index (χ4v) is 5.74. The SMILES string of the molecule is O=Cc1ccc2c(c1)C(=O)N(c1cccc3ccc([C@]4(C=O)Cc5cc6ccccc6cc5C4=O)nc13)C2=O. The summed E-state index contributed by atoms with van der Waals surface area (Å²) in [5.41, 5.74) is 1.15. The van der Waals surface area contributed by atoms with Crippen LogP contribution in [-0.2, 0) is 16.6 Å². The number of amides is 2. The molecule has 0 N–H and O–H groups in total. The Bertz CT molecular complexity index is 1960. The van der Waals surface area contributed by atoms with Gasteiger partial charge in [0, 0.05) is 16.5 Å². The zero-order valence-electron chi connectivity index (χ0n) is 20.4. The number of hydrogen-bond acceptors (Lipinski definition) is 6. The molecular weight excluding hydrogens is 492 g/mol. The number of para-hydroxylation sites is 1. The van der Waals surface area contributed by atoms with Gasteiger partial charge in [0.2, 0.25) is 0 Å². The molecule has 1 aromatic heterocycles. The first kappa shape index (κ1) is 22.9. The lowest BCUT2D eigenvalue weighted by atomic mass is 9.81. The predicted molar refractivity (Wildman–Crippen MR) is 144 cm³/mol. The molecule has 7 rings (SSSR count). The van der Waals surface area contributed by atoms with Crippen molar-refractivity contribution in [2.45, 2.75) is 11.8 Å². The smallest absolute Gasteiger partial charge is 0.266 e. The molecule has 0 bridgehead atoms. The van der Waals surface area contributed by atoms with Crippen molar-refractivity contribution >= 4 is 57.5 Å². The Morgan fingerprint density at radius 1 is 0.718 bits per heavy atom. The Balaban J connectivity index is 1.37. The Labute approximate surface area is 221 Å². The lowest BCUT2D eigenvalue weighted by Crippen LogP contribution is -2.36. The van der Waals surface area contributed by atoms with Crippen molar-refractivity contribution < 1.29 is 24.0 Å². The molecule has 1 atom stereocenters. The molecule has 4 aromatic carbocycles. The fraction of sp³-hybridized carbons (Fsp3) is 0.0625. The van der Waals surface area contributed by atoms with Crippen LogP contribution < -0.4 is 4.90 Å². The zero-order chi connectivity index (χ0) is 26.9. The van der Waals surface area contributed by atoms with E-state index >= 15 is 0 Å². The van der Waals surface area contributed by atoms with Crippen LogP contribution in [0.2, 0.25) is 0 Å². The summed E-state index contributed by atoms with van der Waals surface area (Å²) in [7, 11) is 0. The molecule has 0 saturated heterocycles. The number of Topliss-reactive ketones (excluding diaryl/α,β-unsaturated/α-hetero) is 1. The van der Waals surface area contributed by atoms with Crippen LogP contribution in [0.5, 0.6) is 0 Å². The summed E-state index contributed by atoms with van der Waals surface area (Å²) in [5, 5.41) is 2.52. The Morgan fingerprint density at radius 3 is 2.23 bits per heavy atom. The van der Waals surface area contributed by atoms with E-state index in [-0.39, 0.29) is 40.3 Å². The second-order valence-corrected chi connectivity index (χ2v) is 9.87. The number of aldehydes is 2. The predicted octanol–water partition coefficient (Wildman–Crippen LogP) is 4.88. The second kappa shape index (κ2) is 8.10. The van der Waals surface area contributed by atoms with Crippen LogP contribution in [0.3, 0.4) is 0 Å². The van der Waals surface area contributed by atoms with Crippen LogP contribution in [0, 0.1) is 0 Å². The van der Waals surface area contributed by atoms with Crippen LogP contribution >= 0.6 is 0 Å². The van der Waals surface area contributed by atoms with E-state index in [0.717, 1.165) is 21.2 Å². The molecule has 0 saturated carbocycles. The monoisotopic (exact) mass is 510 g/mol. The van der Waals surface area contributed by atoms with E-state index in [1.165, 1.54) is 18.2 Å². The Morgan fingerprint density at radius 2 is 1.46 bits per heavy atom. The summed E-state index contributed by atoms with van der Waals surface area (Å²) in [4.78, 5) is 70.1. The third-order valence-electron chi connectivity index (χ3n) is 7.74. The standard InChI is InChI=1S/C32H18N2O5/c35-16-18-8-10-23-25(12-18)31(39)34(30(23)38)26-7-3-6-19-9-11-27(33-28(19)26)32(17-36)15-22-13-20-4-1-2-5-21(20)14-24(22)29(32)37/h1-14,16-17H,15H2/t32-/m1/s1. The molecular formula is C32H18N2O5. The number of benzene rings is 4. The molecule has 2 amide bonds. The average Bonchev–Trinajstić information content (AvgIpc) is 3.40. The minimum Gasteiger partial charge on any atom is -0.302 e. The highest BCUT2D eigenvalue weighted by Gasteiger charge is 2.48. The maximum Gasteiger partial charge on any atom is 0.266 e. The molecule has 1 aliphatic heterocycles. The van der Waals surface area contributed by atoms with Crippen LogP contribution in [0.4, 0.5) is 5.69 Å². The van der Waals surface area contributed by atoms with Crippen molar-refractivity contribution in [3.05, 3.63) is 118 Å². The number of fused-ring (bicyclic) bond motifs is 4. The summed E-state index contributed by atoms with van der Waals surface area (Å²) in [6.07, 6.45) is 1.43. The molecule has 5 aromatic rings. The molecule has 0 fully saturated rings. The topological polar surface area (TPSA) is 101 Å². The summed E-state index contributed by atoms with van der Waals surface area (Å²) in [5.74, 6) is -1.43. The molecule has 0 spiro atoms. The fourth-order valence-electron chi connectivity index (χ4n) is 5.74. The van der Waals surface area contributed by atoms with E-state index in [1.54, 1.807) is 30.3 Å². The van der Waals surface area contributed by atoms with Gasteiger partial charge >= 0.3 is 0 Å². The van der Waals surface area contributed by atoms with Crippen LogP contribution in [0.25, 0.3) is 21.7 Å². The molecule has 2 heterocycles. The van der Waals surface area contributed by atoms with Crippen molar-refractivity contribution in [3.8, 4) is 0 Å². The third-order valence-corrected chi connectivity index (χ3v) is 7.74. The number of aromatic nitrogens is 1. The average molecular weight is 511 g/mol. The van der Waals surface area contributed by atoms with E-state index in [1.807, 2.05) is 36.4 Å². The van der Waals surface area contributed by atoms with E-state index < -0.39 is 17.2 Å². The zero-order valence-corrected chi connectivity index (χ0v) is 20.4. The van der Waals surface area contributed by atoms with Crippen LogP contribution in [0.15, 0.2) is 84.9 Å². The van der Waals surface area contributed by atoms with E-state index in [4.69, 9.17) is 4.98 Å². The van der Waals surface area contributed by atoms with E-state index in [2.05, 4.69) is 0 Å². The van der Waals surface area contributed by atoms with Gasteiger partial charge in [-0.05, 0) is 53.1 Å². The van der Waals surface area contributed by atoms with Crippen molar-refractivity contribution in [2.24, 2.45) is 0 Å². The number of rotatable bonds is 4. The molecule has 0 unspecified atom stereocenters. The molecule has 2 aliphatic rings. The summed E-state index contributed by atoms with van der Waals surface area (Å²) in [6, 6.07) is 24.3. The molecule has 7 nitrogen and oxygen atoms in total. The molecule has 1 aliphatic carbocycles. The van der Waals surface area contributed by atoms with Gasteiger partial charge < -0.3 is 4.79 Å². The first-order chi connectivity index (χ1) is 18.9. The highest BCUT2D eigenvalue weighted by molar-refractivity contribution is 6.36. The number of pyridine rings is 1. The number of anilines is 1. The number of carbonyl (C=O) groups excluding carboxylic acids is 5. The highest BCUT2D eigenvalue weighted by atomic mass is 16.2.